The Kier molecular flexibility index (Phi) is 4.08. The molecule has 0 spiro atoms. The molecule has 5 heteroatoms. The molecule has 1 aromatic carbocycles. The van der Waals surface area contributed by atoms with Crippen LogP contribution in [0.2, 0.25) is 0 Å². The van der Waals surface area contributed by atoms with E-state index < -0.39 is 10.2 Å². The van der Waals surface area contributed by atoms with Gasteiger partial charge in [0.15, 0.2) is 0 Å². The molecular formula is C16H24N2O2S. The zero-order valence-electron chi connectivity index (χ0n) is 12.8. The normalized spacial score (nSPS) is 24.4. The minimum absolute atomic E-state index is 0.00875. The quantitative estimate of drug-likeness (QED) is 0.861. The topological polar surface area (TPSA) is 40.6 Å². The molecule has 0 N–H and O–H groups in total. The molecule has 0 amide bonds. The SMILES string of the molecule is CC1CCN(S(=O)(=O)N(C)C2CCc3ccccc32)CC1. The summed E-state index contributed by atoms with van der Waals surface area (Å²) in [6.07, 6.45) is 3.79. The zero-order valence-corrected chi connectivity index (χ0v) is 13.6. The number of hydrogen-bond acceptors (Lipinski definition) is 2. The first-order valence-corrected chi connectivity index (χ1v) is 9.20. The Bertz CT molecular complexity index is 606. The third-order valence-electron chi connectivity index (χ3n) is 4.97. The van der Waals surface area contributed by atoms with Gasteiger partial charge in [-0.15, -0.1) is 0 Å². The maximum atomic E-state index is 12.8. The average Bonchev–Trinajstić information content (AvgIpc) is 2.90. The van der Waals surface area contributed by atoms with Gasteiger partial charge in [-0.3, -0.25) is 0 Å². The summed E-state index contributed by atoms with van der Waals surface area (Å²) in [6, 6.07) is 8.20. The Labute approximate surface area is 127 Å². The summed E-state index contributed by atoms with van der Waals surface area (Å²) in [5.41, 5.74) is 2.46. The van der Waals surface area contributed by atoms with Gasteiger partial charge in [0, 0.05) is 20.1 Å². The summed E-state index contributed by atoms with van der Waals surface area (Å²) in [5.74, 6) is 0.633. The number of hydrogen-bond donors (Lipinski definition) is 0. The first-order valence-electron chi connectivity index (χ1n) is 7.81. The van der Waals surface area contributed by atoms with Crippen molar-refractivity contribution < 1.29 is 8.42 Å². The Hall–Kier alpha value is -0.910. The standard InChI is InChI=1S/C16H24N2O2S/c1-13-9-11-18(12-10-13)21(19,20)17(2)16-8-7-14-5-3-4-6-15(14)16/h3-6,13,16H,7-12H2,1-2H3. The van der Waals surface area contributed by atoms with Gasteiger partial charge >= 0.3 is 0 Å². The molecule has 116 valence electrons. The van der Waals surface area contributed by atoms with Crippen molar-refractivity contribution in [1.29, 1.82) is 0 Å². The van der Waals surface area contributed by atoms with Crippen molar-refractivity contribution in [3.05, 3.63) is 35.4 Å². The van der Waals surface area contributed by atoms with Crippen LogP contribution in [0, 0.1) is 5.92 Å². The molecule has 0 bridgehead atoms. The van der Waals surface area contributed by atoms with Crippen LogP contribution < -0.4 is 0 Å². The van der Waals surface area contributed by atoms with Crippen LogP contribution in [0.5, 0.6) is 0 Å². The number of rotatable bonds is 3. The molecule has 1 fully saturated rings. The lowest BCUT2D eigenvalue weighted by atomic mass is 10.0. The van der Waals surface area contributed by atoms with Gasteiger partial charge in [0.05, 0.1) is 6.04 Å². The van der Waals surface area contributed by atoms with Gasteiger partial charge in [0.1, 0.15) is 0 Å². The van der Waals surface area contributed by atoms with Crippen molar-refractivity contribution in [2.24, 2.45) is 5.92 Å². The molecule has 0 saturated carbocycles. The van der Waals surface area contributed by atoms with E-state index in [1.165, 1.54) is 11.1 Å². The van der Waals surface area contributed by atoms with E-state index in [4.69, 9.17) is 0 Å². The molecule has 21 heavy (non-hydrogen) atoms. The third-order valence-corrected chi connectivity index (χ3v) is 6.97. The van der Waals surface area contributed by atoms with Crippen molar-refractivity contribution in [3.8, 4) is 0 Å². The van der Waals surface area contributed by atoms with Crippen LogP contribution in [0.1, 0.15) is 43.4 Å². The molecule has 2 aliphatic rings. The van der Waals surface area contributed by atoms with E-state index in [9.17, 15) is 8.42 Å². The van der Waals surface area contributed by atoms with Crippen molar-refractivity contribution in [3.63, 3.8) is 0 Å². The number of fused-ring (bicyclic) bond motifs is 1. The molecule has 0 radical (unpaired) electrons. The van der Waals surface area contributed by atoms with Gasteiger partial charge < -0.3 is 0 Å². The summed E-state index contributed by atoms with van der Waals surface area (Å²) in [6.45, 7) is 3.51. The molecule has 1 heterocycles. The summed E-state index contributed by atoms with van der Waals surface area (Å²) in [4.78, 5) is 0. The summed E-state index contributed by atoms with van der Waals surface area (Å²) in [5, 5.41) is 0. The van der Waals surface area contributed by atoms with Gasteiger partial charge in [-0.2, -0.15) is 17.0 Å². The van der Waals surface area contributed by atoms with Gasteiger partial charge in [-0.1, -0.05) is 31.2 Å². The van der Waals surface area contributed by atoms with Crippen LogP contribution in [-0.4, -0.2) is 37.2 Å². The van der Waals surface area contributed by atoms with Crippen molar-refractivity contribution in [2.75, 3.05) is 20.1 Å². The van der Waals surface area contributed by atoms with Crippen molar-refractivity contribution in [1.82, 2.24) is 8.61 Å². The number of benzene rings is 1. The fourth-order valence-corrected chi connectivity index (χ4v) is 5.05. The summed E-state index contributed by atoms with van der Waals surface area (Å²) >= 11 is 0. The molecule has 1 aromatic rings. The second-order valence-electron chi connectivity index (χ2n) is 6.36. The Balaban J connectivity index is 1.80. The minimum atomic E-state index is -3.34. The number of nitrogens with zero attached hydrogens (tertiary/aromatic N) is 2. The zero-order chi connectivity index (χ0) is 15.0. The average molecular weight is 308 g/mol. The third kappa shape index (κ3) is 2.74. The van der Waals surface area contributed by atoms with E-state index in [2.05, 4.69) is 19.1 Å². The van der Waals surface area contributed by atoms with Crippen LogP contribution in [0.25, 0.3) is 0 Å². The highest BCUT2D eigenvalue weighted by Crippen LogP contribution is 2.37. The minimum Gasteiger partial charge on any atom is -0.195 e. The van der Waals surface area contributed by atoms with Gasteiger partial charge in [0.25, 0.3) is 10.2 Å². The summed E-state index contributed by atoms with van der Waals surface area (Å²) < 4.78 is 28.9. The lowest BCUT2D eigenvalue weighted by Crippen LogP contribution is -2.46. The summed E-state index contributed by atoms with van der Waals surface area (Å²) in [7, 11) is -1.61. The maximum absolute atomic E-state index is 12.8. The van der Waals surface area contributed by atoms with Crippen LogP contribution in [0.3, 0.4) is 0 Å². The molecule has 1 unspecified atom stereocenters. The van der Waals surface area contributed by atoms with E-state index in [1.54, 1.807) is 15.7 Å². The first kappa shape index (κ1) is 15.0. The van der Waals surface area contributed by atoms with E-state index in [-0.39, 0.29) is 6.04 Å². The van der Waals surface area contributed by atoms with Crippen LogP contribution in [0.15, 0.2) is 24.3 Å². The highest BCUT2D eigenvalue weighted by molar-refractivity contribution is 7.86. The van der Waals surface area contributed by atoms with Crippen molar-refractivity contribution in [2.45, 2.75) is 38.6 Å². The lowest BCUT2D eigenvalue weighted by Gasteiger charge is -2.35. The molecule has 1 aliphatic carbocycles. The fraction of sp³-hybridized carbons (Fsp3) is 0.625. The molecule has 4 nitrogen and oxygen atoms in total. The van der Waals surface area contributed by atoms with Crippen LogP contribution >= 0.6 is 0 Å². The van der Waals surface area contributed by atoms with Crippen LogP contribution in [0.4, 0.5) is 0 Å². The molecule has 1 atom stereocenters. The number of aryl methyl sites for hydroxylation is 1. The van der Waals surface area contributed by atoms with Crippen LogP contribution in [-0.2, 0) is 16.6 Å². The highest BCUT2D eigenvalue weighted by atomic mass is 32.2. The van der Waals surface area contributed by atoms with E-state index in [0.717, 1.165) is 25.7 Å². The second kappa shape index (κ2) is 5.71. The Morgan fingerprint density at radius 3 is 2.52 bits per heavy atom. The van der Waals surface area contributed by atoms with Crippen molar-refractivity contribution >= 4 is 10.2 Å². The van der Waals surface area contributed by atoms with Gasteiger partial charge in [-0.05, 0) is 42.7 Å². The highest BCUT2D eigenvalue weighted by Gasteiger charge is 2.36. The predicted octanol–water partition coefficient (Wildman–Crippen LogP) is 2.58. The monoisotopic (exact) mass is 308 g/mol. The van der Waals surface area contributed by atoms with E-state index in [0.29, 0.717) is 19.0 Å². The predicted molar refractivity (Wildman–Crippen MR) is 84.2 cm³/mol. The molecule has 1 saturated heterocycles. The largest absolute Gasteiger partial charge is 0.282 e. The van der Waals surface area contributed by atoms with E-state index >= 15 is 0 Å². The molecule has 0 aromatic heterocycles. The molecule has 1 aliphatic heterocycles. The van der Waals surface area contributed by atoms with E-state index in [1.807, 2.05) is 12.1 Å². The lowest BCUT2D eigenvalue weighted by molar-refractivity contribution is 0.257. The second-order valence-corrected chi connectivity index (χ2v) is 8.35. The first-order chi connectivity index (χ1) is 10.00. The molecule has 3 rings (SSSR count). The molecular weight excluding hydrogens is 284 g/mol. The Morgan fingerprint density at radius 2 is 1.81 bits per heavy atom. The van der Waals surface area contributed by atoms with Gasteiger partial charge in [-0.25, -0.2) is 0 Å². The maximum Gasteiger partial charge on any atom is 0.282 e. The van der Waals surface area contributed by atoms with Gasteiger partial charge in [0.2, 0.25) is 0 Å². The number of piperidine rings is 1. The Morgan fingerprint density at radius 1 is 1.14 bits per heavy atom. The fourth-order valence-electron chi connectivity index (χ4n) is 3.47. The smallest absolute Gasteiger partial charge is 0.195 e.